The van der Waals surface area contributed by atoms with Crippen LogP contribution in [-0.4, -0.2) is 33.2 Å². The summed E-state index contributed by atoms with van der Waals surface area (Å²) in [6, 6.07) is 6.25. The summed E-state index contributed by atoms with van der Waals surface area (Å²) in [5.74, 6) is 0.930. The third-order valence-corrected chi connectivity index (χ3v) is 3.01. The van der Waals surface area contributed by atoms with Gasteiger partial charge in [0.25, 0.3) is 0 Å². The molecular formula is C15H25NO2. The van der Waals surface area contributed by atoms with Crippen molar-refractivity contribution in [1.29, 1.82) is 0 Å². The number of ether oxygens (including phenoxy) is 2. The minimum atomic E-state index is -0.0305. The van der Waals surface area contributed by atoms with E-state index in [0.29, 0.717) is 0 Å². The van der Waals surface area contributed by atoms with Crippen LogP contribution >= 0.6 is 0 Å². The standard InChI is InChI=1S/C15H25NO2/c1-15(2,3)12-10-11(8-9-13(12)17-6)14(18-7)16(4)5/h8-10,14H,1-7H3. The zero-order valence-electron chi connectivity index (χ0n) is 12.6. The van der Waals surface area contributed by atoms with Crippen LogP contribution in [0.3, 0.4) is 0 Å². The molecule has 0 radical (unpaired) electrons. The Balaban J connectivity index is 3.26. The lowest BCUT2D eigenvalue weighted by Gasteiger charge is -2.27. The van der Waals surface area contributed by atoms with Gasteiger partial charge in [0.15, 0.2) is 0 Å². The van der Waals surface area contributed by atoms with E-state index < -0.39 is 0 Å². The molecule has 0 saturated heterocycles. The first-order valence-corrected chi connectivity index (χ1v) is 6.19. The topological polar surface area (TPSA) is 21.7 Å². The predicted octanol–water partition coefficient (Wildman–Crippen LogP) is 3.20. The lowest BCUT2D eigenvalue weighted by molar-refractivity contribution is -0.00552. The van der Waals surface area contributed by atoms with Gasteiger partial charge in [0.2, 0.25) is 0 Å². The highest BCUT2D eigenvalue weighted by atomic mass is 16.5. The molecule has 0 aliphatic carbocycles. The van der Waals surface area contributed by atoms with E-state index in [0.717, 1.165) is 11.3 Å². The number of nitrogens with zero attached hydrogens (tertiary/aromatic N) is 1. The minimum absolute atomic E-state index is 0.0305. The molecule has 102 valence electrons. The van der Waals surface area contributed by atoms with Gasteiger partial charge in [-0.2, -0.15) is 0 Å². The summed E-state index contributed by atoms with van der Waals surface area (Å²) in [6.45, 7) is 6.56. The van der Waals surface area contributed by atoms with Crippen molar-refractivity contribution in [2.24, 2.45) is 0 Å². The molecule has 0 saturated carbocycles. The molecule has 0 spiro atoms. The lowest BCUT2D eigenvalue weighted by Crippen LogP contribution is -2.22. The number of methoxy groups -OCH3 is 2. The summed E-state index contributed by atoms with van der Waals surface area (Å²) in [7, 11) is 7.46. The second-order valence-corrected chi connectivity index (χ2v) is 5.76. The first kappa shape index (κ1) is 15.0. The van der Waals surface area contributed by atoms with Crippen molar-refractivity contribution in [2.75, 3.05) is 28.3 Å². The van der Waals surface area contributed by atoms with Gasteiger partial charge in [0.1, 0.15) is 12.0 Å². The van der Waals surface area contributed by atoms with Crippen molar-refractivity contribution in [1.82, 2.24) is 4.90 Å². The van der Waals surface area contributed by atoms with E-state index in [-0.39, 0.29) is 11.6 Å². The SMILES string of the molecule is COc1ccc(C(OC)N(C)C)cc1C(C)(C)C. The van der Waals surface area contributed by atoms with E-state index >= 15 is 0 Å². The van der Waals surface area contributed by atoms with Gasteiger partial charge in [-0.25, -0.2) is 0 Å². The van der Waals surface area contributed by atoms with Crippen LogP contribution in [0.5, 0.6) is 5.75 Å². The van der Waals surface area contributed by atoms with Gasteiger partial charge in [0.05, 0.1) is 7.11 Å². The molecule has 3 heteroatoms. The van der Waals surface area contributed by atoms with Gasteiger partial charge in [-0.3, -0.25) is 4.90 Å². The van der Waals surface area contributed by atoms with Gasteiger partial charge in [-0.15, -0.1) is 0 Å². The van der Waals surface area contributed by atoms with Crippen LogP contribution in [-0.2, 0) is 10.2 Å². The Morgan fingerprint density at radius 3 is 2.11 bits per heavy atom. The smallest absolute Gasteiger partial charge is 0.135 e. The van der Waals surface area contributed by atoms with E-state index in [4.69, 9.17) is 9.47 Å². The van der Waals surface area contributed by atoms with E-state index in [9.17, 15) is 0 Å². The van der Waals surface area contributed by atoms with Crippen molar-refractivity contribution in [3.8, 4) is 5.75 Å². The van der Waals surface area contributed by atoms with Crippen molar-refractivity contribution in [3.63, 3.8) is 0 Å². The van der Waals surface area contributed by atoms with Crippen molar-refractivity contribution >= 4 is 0 Å². The zero-order chi connectivity index (χ0) is 13.9. The van der Waals surface area contributed by atoms with Gasteiger partial charge in [-0.1, -0.05) is 26.8 Å². The third-order valence-electron chi connectivity index (χ3n) is 3.01. The summed E-state index contributed by atoms with van der Waals surface area (Å²) in [5, 5.41) is 0. The van der Waals surface area contributed by atoms with Crippen LogP contribution < -0.4 is 4.74 Å². The van der Waals surface area contributed by atoms with E-state index in [1.54, 1.807) is 14.2 Å². The molecule has 0 bridgehead atoms. The molecule has 0 fully saturated rings. The fourth-order valence-electron chi connectivity index (χ4n) is 2.11. The summed E-state index contributed by atoms with van der Waals surface area (Å²) in [5.41, 5.74) is 2.39. The molecule has 0 aliphatic rings. The summed E-state index contributed by atoms with van der Waals surface area (Å²) < 4.78 is 11.0. The lowest BCUT2D eigenvalue weighted by atomic mass is 9.85. The minimum Gasteiger partial charge on any atom is -0.496 e. The van der Waals surface area contributed by atoms with Crippen LogP contribution in [0.15, 0.2) is 18.2 Å². The number of rotatable bonds is 4. The Kier molecular flexibility index (Phi) is 4.77. The molecular weight excluding hydrogens is 226 g/mol. The largest absolute Gasteiger partial charge is 0.496 e. The molecule has 0 amide bonds. The van der Waals surface area contributed by atoms with Crippen LogP contribution in [0.1, 0.15) is 38.1 Å². The normalized spacial score (nSPS) is 13.8. The van der Waals surface area contributed by atoms with Crippen LogP contribution in [0.4, 0.5) is 0 Å². The van der Waals surface area contributed by atoms with Gasteiger partial charge >= 0.3 is 0 Å². The van der Waals surface area contributed by atoms with E-state index in [2.05, 4.69) is 32.9 Å². The van der Waals surface area contributed by atoms with Crippen molar-refractivity contribution < 1.29 is 9.47 Å². The number of hydrogen-bond acceptors (Lipinski definition) is 3. The predicted molar refractivity (Wildman–Crippen MR) is 75.1 cm³/mol. The molecule has 1 aromatic carbocycles. The molecule has 18 heavy (non-hydrogen) atoms. The maximum atomic E-state index is 5.52. The Morgan fingerprint density at radius 1 is 1.11 bits per heavy atom. The maximum absolute atomic E-state index is 5.52. The third kappa shape index (κ3) is 3.24. The first-order valence-electron chi connectivity index (χ1n) is 6.19. The average Bonchev–Trinajstić information content (AvgIpc) is 2.28. The average molecular weight is 251 g/mol. The highest BCUT2D eigenvalue weighted by Crippen LogP contribution is 2.34. The summed E-state index contributed by atoms with van der Waals surface area (Å²) in [6.07, 6.45) is -0.0305. The van der Waals surface area contributed by atoms with E-state index in [1.807, 2.05) is 25.1 Å². The fourth-order valence-corrected chi connectivity index (χ4v) is 2.11. The molecule has 0 aliphatic heterocycles. The molecule has 1 aromatic rings. The first-order chi connectivity index (χ1) is 8.31. The number of benzene rings is 1. The fraction of sp³-hybridized carbons (Fsp3) is 0.600. The van der Waals surface area contributed by atoms with Crippen molar-refractivity contribution in [3.05, 3.63) is 29.3 Å². The molecule has 0 N–H and O–H groups in total. The Morgan fingerprint density at radius 2 is 1.72 bits per heavy atom. The Hall–Kier alpha value is -1.06. The molecule has 0 heterocycles. The highest BCUT2D eigenvalue weighted by molar-refractivity contribution is 5.42. The summed E-state index contributed by atoms with van der Waals surface area (Å²) >= 11 is 0. The molecule has 1 rings (SSSR count). The van der Waals surface area contributed by atoms with Gasteiger partial charge in [0, 0.05) is 7.11 Å². The zero-order valence-corrected chi connectivity index (χ0v) is 12.6. The summed E-state index contributed by atoms with van der Waals surface area (Å²) in [4.78, 5) is 2.05. The molecule has 1 unspecified atom stereocenters. The van der Waals surface area contributed by atoms with Crippen molar-refractivity contribution in [2.45, 2.75) is 32.4 Å². The molecule has 3 nitrogen and oxygen atoms in total. The quantitative estimate of drug-likeness (QED) is 0.767. The van der Waals surface area contributed by atoms with Gasteiger partial charge < -0.3 is 9.47 Å². The Labute approximate surface area is 111 Å². The monoisotopic (exact) mass is 251 g/mol. The second-order valence-electron chi connectivity index (χ2n) is 5.76. The van der Waals surface area contributed by atoms with Crippen LogP contribution in [0.2, 0.25) is 0 Å². The highest BCUT2D eigenvalue weighted by Gasteiger charge is 2.22. The molecule has 1 atom stereocenters. The van der Waals surface area contributed by atoms with Gasteiger partial charge in [-0.05, 0) is 42.8 Å². The Bertz CT molecular complexity index is 394. The number of hydrogen-bond donors (Lipinski definition) is 0. The molecule has 0 aromatic heterocycles. The van der Waals surface area contributed by atoms with Crippen LogP contribution in [0, 0.1) is 0 Å². The van der Waals surface area contributed by atoms with Crippen LogP contribution in [0.25, 0.3) is 0 Å². The van der Waals surface area contributed by atoms with E-state index in [1.165, 1.54) is 5.56 Å². The second kappa shape index (κ2) is 5.72. The maximum Gasteiger partial charge on any atom is 0.135 e.